The summed E-state index contributed by atoms with van der Waals surface area (Å²) in [6.07, 6.45) is 3.74. The minimum Gasteiger partial charge on any atom is -0.465 e. The first-order valence-corrected chi connectivity index (χ1v) is 11.5. The SMILES string of the molecule is C[C@H]1C[C@]2(CCN1CC1CCC1)C(N(C(=O)O)C(C)(C)C)=NC(=O)N2c1cccc(F)c1. The van der Waals surface area contributed by atoms with E-state index in [0.717, 1.165) is 13.1 Å². The molecule has 3 aliphatic rings. The molecule has 32 heavy (non-hydrogen) atoms. The van der Waals surface area contributed by atoms with Crippen LogP contribution in [0.5, 0.6) is 0 Å². The second-order valence-corrected chi connectivity index (χ2v) is 10.4. The number of likely N-dealkylation sites (tertiary alicyclic amines) is 1. The second-order valence-electron chi connectivity index (χ2n) is 10.4. The fourth-order valence-electron chi connectivity index (χ4n) is 5.41. The summed E-state index contributed by atoms with van der Waals surface area (Å²) < 4.78 is 14.1. The van der Waals surface area contributed by atoms with Gasteiger partial charge in [-0.2, -0.15) is 4.99 Å². The number of nitrogens with zero attached hydrogens (tertiary/aromatic N) is 4. The zero-order chi connectivity index (χ0) is 23.3. The number of hydrogen-bond acceptors (Lipinski definition) is 3. The number of halogens is 1. The summed E-state index contributed by atoms with van der Waals surface area (Å²) in [5.74, 6) is 0.524. The van der Waals surface area contributed by atoms with Crippen LogP contribution in [0.15, 0.2) is 29.3 Å². The molecule has 2 atom stereocenters. The zero-order valence-corrected chi connectivity index (χ0v) is 19.3. The average Bonchev–Trinajstić information content (AvgIpc) is 2.89. The molecule has 2 fully saturated rings. The number of benzene rings is 1. The number of rotatable bonds is 3. The van der Waals surface area contributed by atoms with Gasteiger partial charge in [0.1, 0.15) is 17.2 Å². The highest BCUT2D eigenvalue weighted by Crippen LogP contribution is 2.44. The van der Waals surface area contributed by atoms with Crippen LogP contribution in [0.2, 0.25) is 0 Å². The number of amidine groups is 1. The normalized spacial score (nSPS) is 26.9. The molecule has 0 bridgehead atoms. The van der Waals surface area contributed by atoms with Gasteiger partial charge in [-0.25, -0.2) is 14.0 Å². The van der Waals surface area contributed by atoms with Gasteiger partial charge in [0.25, 0.3) is 0 Å². The molecule has 4 rings (SSSR count). The number of hydrogen-bond donors (Lipinski definition) is 1. The minimum absolute atomic E-state index is 0.132. The lowest BCUT2D eigenvalue weighted by molar-refractivity contribution is 0.0837. The number of carbonyl (C=O) groups is 2. The summed E-state index contributed by atoms with van der Waals surface area (Å²) in [6.45, 7) is 9.27. The van der Waals surface area contributed by atoms with Crippen molar-refractivity contribution in [3.05, 3.63) is 30.1 Å². The molecule has 174 valence electrons. The highest BCUT2D eigenvalue weighted by molar-refractivity contribution is 6.19. The van der Waals surface area contributed by atoms with Crippen LogP contribution in [0.1, 0.15) is 59.8 Å². The number of aliphatic imine (C=N–C) groups is 1. The Bertz CT molecular complexity index is 939. The summed E-state index contributed by atoms with van der Waals surface area (Å²) in [4.78, 5) is 35.1. The standard InChI is InChI=1S/C24H33FN4O3/c1-16-14-24(11-12-27(16)15-17-7-5-8-17)20(29(22(31)32)23(2,3)4)26-21(30)28(24)19-10-6-9-18(25)13-19/h6,9-10,13,16-17H,5,7-8,11-12,14-15H2,1-4H3,(H,31,32)/t16-,24+/m0/s1. The highest BCUT2D eigenvalue weighted by Gasteiger charge is 2.57. The molecule has 1 spiro atoms. The van der Waals surface area contributed by atoms with Crippen molar-refractivity contribution >= 4 is 23.6 Å². The number of anilines is 1. The lowest BCUT2D eigenvalue weighted by Crippen LogP contribution is -2.66. The van der Waals surface area contributed by atoms with Crippen molar-refractivity contribution in [3.8, 4) is 0 Å². The van der Waals surface area contributed by atoms with E-state index < -0.39 is 29.0 Å². The van der Waals surface area contributed by atoms with E-state index in [1.807, 2.05) is 0 Å². The monoisotopic (exact) mass is 444 g/mol. The summed E-state index contributed by atoms with van der Waals surface area (Å²) in [5, 5.41) is 10.1. The van der Waals surface area contributed by atoms with Crippen molar-refractivity contribution in [3.63, 3.8) is 0 Å². The van der Waals surface area contributed by atoms with Crippen LogP contribution in [0, 0.1) is 11.7 Å². The first-order valence-electron chi connectivity index (χ1n) is 11.5. The summed E-state index contributed by atoms with van der Waals surface area (Å²) in [7, 11) is 0. The molecule has 8 heteroatoms. The number of urea groups is 1. The smallest absolute Gasteiger partial charge is 0.413 e. The lowest BCUT2D eigenvalue weighted by Gasteiger charge is -2.51. The van der Waals surface area contributed by atoms with Crippen molar-refractivity contribution < 1.29 is 19.1 Å². The Morgan fingerprint density at radius 1 is 1.34 bits per heavy atom. The van der Waals surface area contributed by atoms with Gasteiger partial charge < -0.3 is 10.0 Å². The highest BCUT2D eigenvalue weighted by atomic mass is 19.1. The van der Waals surface area contributed by atoms with Gasteiger partial charge in [0.2, 0.25) is 0 Å². The first kappa shape index (κ1) is 22.7. The van der Waals surface area contributed by atoms with E-state index in [9.17, 15) is 19.1 Å². The van der Waals surface area contributed by atoms with Gasteiger partial charge in [-0.05, 0) is 77.5 Å². The predicted octanol–water partition coefficient (Wildman–Crippen LogP) is 4.97. The van der Waals surface area contributed by atoms with E-state index in [-0.39, 0.29) is 11.9 Å². The van der Waals surface area contributed by atoms with Crippen molar-refractivity contribution in [2.75, 3.05) is 18.0 Å². The van der Waals surface area contributed by atoms with Crippen LogP contribution in [-0.4, -0.2) is 63.1 Å². The molecule has 2 aliphatic heterocycles. The van der Waals surface area contributed by atoms with Gasteiger partial charge in [-0.1, -0.05) is 12.5 Å². The summed E-state index contributed by atoms with van der Waals surface area (Å²) in [6, 6.07) is 5.51. The van der Waals surface area contributed by atoms with Crippen LogP contribution in [0.25, 0.3) is 0 Å². The molecule has 2 heterocycles. The second kappa shape index (κ2) is 8.14. The van der Waals surface area contributed by atoms with E-state index in [2.05, 4.69) is 16.8 Å². The Hall–Kier alpha value is -2.48. The Morgan fingerprint density at radius 2 is 2.06 bits per heavy atom. The van der Waals surface area contributed by atoms with E-state index in [4.69, 9.17) is 0 Å². The van der Waals surface area contributed by atoms with Gasteiger partial charge in [-0.3, -0.25) is 9.80 Å². The van der Waals surface area contributed by atoms with Gasteiger partial charge in [0.05, 0.1) is 0 Å². The van der Waals surface area contributed by atoms with E-state index in [1.165, 1.54) is 41.2 Å². The van der Waals surface area contributed by atoms with Crippen LogP contribution in [0.3, 0.4) is 0 Å². The van der Waals surface area contributed by atoms with Gasteiger partial charge in [-0.15, -0.1) is 0 Å². The molecule has 3 amide bonds. The fraction of sp³-hybridized carbons (Fsp3) is 0.625. The summed E-state index contributed by atoms with van der Waals surface area (Å²) >= 11 is 0. The van der Waals surface area contributed by atoms with Gasteiger partial charge in [0, 0.05) is 30.4 Å². The maximum atomic E-state index is 14.1. The molecule has 1 saturated heterocycles. The van der Waals surface area contributed by atoms with E-state index in [0.29, 0.717) is 24.4 Å². The number of amides is 3. The Morgan fingerprint density at radius 3 is 2.59 bits per heavy atom. The number of carbonyl (C=O) groups excluding carboxylic acids is 1. The molecule has 0 radical (unpaired) electrons. The van der Waals surface area contributed by atoms with Crippen LogP contribution >= 0.6 is 0 Å². The predicted molar refractivity (Wildman–Crippen MR) is 122 cm³/mol. The number of piperidine rings is 1. The quantitative estimate of drug-likeness (QED) is 0.714. The van der Waals surface area contributed by atoms with Crippen LogP contribution < -0.4 is 4.90 Å². The third-order valence-corrected chi connectivity index (χ3v) is 7.16. The van der Waals surface area contributed by atoms with Crippen molar-refractivity contribution in [1.29, 1.82) is 0 Å². The van der Waals surface area contributed by atoms with Crippen molar-refractivity contribution in [2.45, 2.75) is 76.9 Å². The van der Waals surface area contributed by atoms with Gasteiger partial charge in [0.15, 0.2) is 0 Å². The molecule has 0 unspecified atom stereocenters. The maximum Gasteiger partial charge on any atom is 0.413 e. The molecular formula is C24H33FN4O3. The molecule has 7 nitrogen and oxygen atoms in total. The van der Waals surface area contributed by atoms with Crippen molar-refractivity contribution in [1.82, 2.24) is 9.80 Å². The Kier molecular flexibility index (Phi) is 5.77. The van der Waals surface area contributed by atoms with E-state index >= 15 is 0 Å². The molecule has 0 aromatic heterocycles. The third kappa shape index (κ3) is 3.89. The minimum atomic E-state index is -1.14. The first-order chi connectivity index (χ1) is 15.0. The molecular weight excluding hydrogens is 411 g/mol. The van der Waals surface area contributed by atoms with Crippen LogP contribution in [0.4, 0.5) is 19.7 Å². The topological polar surface area (TPSA) is 76.5 Å². The number of carboxylic acid groups (broad SMARTS) is 1. The molecule has 1 N–H and O–H groups in total. The van der Waals surface area contributed by atoms with Crippen LogP contribution in [-0.2, 0) is 0 Å². The van der Waals surface area contributed by atoms with Crippen molar-refractivity contribution in [2.24, 2.45) is 10.9 Å². The maximum absolute atomic E-state index is 14.1. The molecule has 1 aromatic carbocycles. The Labute approximate surface area is 188 Å². The third-order valence-electron chi connectivity index (χ3n) is 7.16. The molecule has 1 aliphatic carbocycles. The molecule has 1 saturated carbocycles. The zero-order valence-electron chi connectivity index (χ0n) is 19.3. The lowest BCUT2D eigenvalue weighted by atomic mass is 9.78. The molecule has 1 aromatic rings. The largest absolute Gasteiger partial charge is 0.465 e. The summed E-state index contributed by atoms with van der Waals surface area (Å²) in [5.41, 5.74) is -1.32. The van der Waals surface area contributed by atoms with Gasteiger partial charge >= 0.3 is 12.1 Å². The average molecular weight is 445 g/mol. The Balaban J connectivity index is 1.76. The van der Waals surface area contributed by atoms with E-state index in [1.54, 1.807) is 32.9 Å². The fourth-order valence-corrected chi connectivity index (χ4v) is 5.41.